The van der Waals surface area contributed by atoms with Crippen molar-refractivity contribution in [3.05, 3.63) is 12.2 Å². The lowest BCUT2D eigenvalue weighted by Gasteiger charge is -2.20. The molecule has 0 fully saturated rings. The van der Waals surface area contributed by atoms with Gasteiger partial charge in [-0.25, -0.2) is 0 Å². The van der Waals surface area contributed by atoms with Gasteiger partial charge in [0, 0.05) is 37.4 Å². The normalized spacial score (nSPS) is 14.9. The third-order valence-corrected chi connectivity index (χ3v) is 4.81. The van der Waals surface area contributed by atoms with Crippen molar-refractivity contribution < 1.29 is 34.5 Å². The van der Waals surface area contributed by atoms with Crippen molar-refractivity contribution in [2.45, 2.75) is 85.4 Å². The van der Waals surface area contributed by atoms with Crippen molar-refractivity contribution in [3.8, 4) is 0 Å². The lowest BCUT2D eigenvalue weighted by atomic mass is 10.1. The van der Waals surface area contributed by atoms with Crippen molar-refractivity contribution in [2.24, 2.45) is 0 Å². The second-order valence-electron chi connectivity index (χ2n) is 7.62. The largest absolute Gasteiger partial charge is 0.355 e. The van der Waals surface area contributed by atoms with Gasteiger partial charge < -0.3 is 21.3 Å². The van der Waals surface area contributed by atoms with Crippen LogP contribution in [-0.4, -0.2) is 71.6 Å². The zero-order valence-electron chi connectivity index (χ0n) is 21.0. The summed E-state index contributed by atoms with van der Waals surface area (Å²) in [7, 11) is 0. The number of carbonyl (C=O) groups is 6. The predicted octanol–water partition coefficient (Wildman–Crippen LogP) is 1.13. The molecule has 6 amide bonds. The molecule has 11 nitrogen and oxygen atoms in total. The van der Waals surface area contributed by atoms with Gasteiger partial charge >= 0.3 is 0 Å². The predicted molar refractivity (Wildman–Crippen MR) is 136 cm³/mol. The third-order valence-electron chi connectivity index (χ3n) is 4.81. The summed E-state index contributed by atoms with van der Waals surface area (Å²) < 4.78 is 0. The molecule has 4 N–H and O–H groups in total. The molecule has 3 atom stereocenters. The topological polar surface area (TPSA) is 154 Å². The van der Waals surface area contributed by atoms with E-state index in [1.165, 1.54) is 32.9 Å². The lowest BCUT2D eigenvalue weighted by molar-refractivity contribution is -0.137. The van der Waals surface area contributed by atoms with Crippen LogP contribution in [0.3, 0.4) is 0 Å². The Balaban J connectivity index is -0.000000590. The number of unbranched alkanes of at least 4 members (excludes halogenated alkanes) is 2. The van der Waals surface area contributed by atoms with Gasteiger partial charge in [-0.1, -0.05) is 20.3 Å². The minimum atomic E-state index is -0.885. The first kappa shape index (κ1) is 30.8. The van der Waals surface area contributed by atoms with Gasteiger partial charge in [0.25, 0.3) is 11.8 Å². The fourth-order valence-corrected chi connectivity index (χ4v) is 2.90. The SMILES string of the molecule is CC.CCNC(=O)[C@H](C)NC(=O)[C@H](C)NC(=O)[C@H](C)NC(=O)CCCCCN1C(=O)C=CC1=O.[HH].[HH].[HH].[HH]. The Morgan fingerprint density at radius 3 is 1.76 bits per heavy atom. The standard InChI is InChI=1S/C21H33N5O6.C2H6.4H2/c1-5-22-19(30)13(2)24-21(32)15(4)25-20(31)14(3)23-16(27)9-7-6-8-12-26-17(28)10-11-18(26)29;1-2;;;;/h10-11,13-15H,5-9,12H2,1-4H3,(H,22,30)(H,23,27)(H,24,32)(H,25,31);1-2H3;4*1H/t13-,14-,15-;;;;;/m0...../s1. The van der Waals surface area contributed by atoms with Gasteiger partial charge in [-0.05, 0) is 40.5 Å². The van der Waals surface area contributed by atoms with Gasteiger partial charge in [0.2, 0.25) is 23.6 Å². The van der Waals surface area contributed by atoms with Crippen molar-refractivity contribution in [2.75, 3.05) is 13.1 Å². The third kappa shape index (κ3) is 11.1. The summed E-state index contributed by atoms with van der Waals surface area (Å²) >= 11 is 0. The molecule has 0 bridgehead atoms. The van der Waals surface area contributed by atoms with Crippen molar-refractivity contribution in [1.29, 1.82) is 0 Å². The number of nitrogens with one attached hydrogen (secondary N) is 4. The Morgan fingerprint density at radius 1 is 0.794 bits per heavy atom. The second kappa shape index (κ2) is 16.4. The molecule has 0 unspecified atom stereocenters. The van der Waals surface area contributed by atoms with E-state index in [9.17, 15) is 28.8 Å². The van der Waals surface area contributed by atoms with Crippen LogP contribution in [0.2, 0.25) is 0 Å². The Bertz CT molecular complexity index is 767. The molecular weight excluding hydrogens is 442 g/mol. The molecule has 0 spiro atoms. The smallest absolute Gasteiger partial charge is 0.253 e. The molecule has 11 heteroatoms. The number of hydrogen-bond donors (Lipinski definition) is 4. The van der Waals surface area contributed by atoms with Crippen molar-refractivity contribution >= 4 is 35.4 Å². The molecule has 1 aliphatic rings. The van der Waals surface area contributed by atoms with E-state index in [-0.39, 0.29) is 35.8 Å². The fourth-order valence-electron chi connectivity index (χ4n) is 2.90. The van der Waals surface area contributed by atoms with Crippen LogP contribution in [0.1, 0.15) is 72.9 Å². The fraction of sp³-hybridized carbons (Fsp3) is 0.652. The van der Waals surface area contributed by atoms with Crippen LogP contribution < -0.4 is 21.3 Å². The quantitative estimate of drug-likeness (QED) is 0.225. The van der Waals surface area contributed by atoms with Crippen LogP contribution in [0.15, 0.2) is 12.2 Å². The Labute approximate surface area is 207 Å². The zero-order valence-corrected chi connectivity index (χ0v) is 21.0. The summed E-state index contributed by atoms with van der Waals surface area (Å²) in [4.78, 5) is 72.1. The Hall–Kier alpha value is -3.24. The number of hydrogen-bond acceptors (Lipinski definition) is 6. The number of amides is 6. The van der Waals surface area contributed by atoms with Gasteiger partial charge in [0.1, 0.15) is 18.1 Å². The molecular formula is C23H47N5O6. The number of nitrogens with zero attached hydrogens (tertiary/aromatic N) is 1. The van der Waals surface area contributed by atoms with Crippen molar-refractivity contribution in [3.63, 3.8) is 0 Å². The first-order valence-corrected chi connectivity index (χ1v) is 11.8. The number of carbonyl (C=O) groups excluding carboxylic acids is 6. The van der Waals surface area contributed by atoms with Crippen LogP contribution in [-0.2, 0) is 28.8 Å². The maximum absolute atomic E-state index is 12.2. The molecule has 1 rings (SSSR count). The molecule has 0 aromatic rings. The first-order valence-electron chi connectivity index (χ1n) is 11.8. The molecule has 1 heterocycles. The summed E-state index contributed by atoms with van der Waals surface area (Å²) in [6.45, 7) is 11.0. The van der Waals surface area contributed by atoms with Crippen LogP contribution in [0.4, 0.5) is 0 Å². The summed E-state index contributed by atoms with van der Waals surface area (Å²) in [6, 6.07) is -2.47. The van der Waals surface area contributed by atoms with Gasteiger partial charge in [0.05, 0.1) is 0 Å². The average Bonchev–Trinajstić information content (AvgIpc) is 3.12. The van der Waals surface area contributed by atoms with E-state index in [1.807, 2.05) is 13.8 Å². The van der Waals surface area contributed by atoms with Crippen molar-refractivity contribution in [1.82, 2.24) is 26.2 Å². The summed E-state index contributed by atoms with van der Waals surface area (Å²) in [5.74, 6) is -2.32. The van der Waals surface area contributed by atoms with E-state index < -0.39 is 29.9 Å². The van der Waals surface area contributed by atoms with Crippen LogP contribution in [0, 0.1) is 0 Å². The molecule has 0 aromatic carbocycles. The average molecular weight is 490 g/mol. The molecule has 0 aromatic heterocycles. The molecule has 0 radical (unpaired) electrons. The highest BCUT2D eigenvalue weighted by molar-refractivity contribution is 6.12. The minimum Gasteiger partial charge on any atom is -0.355 e. The minimum absolute atomic E-state index is 0. The van der Waals surface area contributed by atoms with E-state index in [2.05, 4.69) is 21.3 Å². The van der Waals surface area contributed by atoms with Gasteiger partial charge in [-0.3, -0.25) is 33.7 Å². The van der Waals surface area contributed by atoms with Crippen LogP contribution >= 0.6 is 0 Å². The number of rotatable bonds is 13. The highest BCUT2D eigenvalue weighted by atomic mass is 16.2. The molecule has 0 saturated carbocycles. The Morgan fingerprint density at radius 2 is 1.26 bits per heavy atom. The molecule has 0 aliphatic carbocycles. The maximum Gasteiger partial charge on any atom is 0.253 e. The van der Waals surface area contributed by atoms with Gasteiger partial charge in [0.15, 0.2) is 0 Å². The van der Waals surface area contributed by atoms with E-state index in [4.69, 9.17) is 0 Å². The summed E-state index contributed by atoms with van der Waals surface area (Å²) in [5.41, 5.74) is 0. The zero-order chi connectivity index (χ0) is 26.3. The number of likely N-dealkylation sites (N-methyl/N-ethyl adjacent to an activating group) is 1. The monoisotopic (exact) mass is 489 g/mol. The second-order valence-corrected chi connectivity index (χ2v) is 7.62. The maximum atomic E-state index is 12.2. The molecule has 200 valence electrons. The lowest BCUT2D eigenvalue weighted by Crippen LogP contribution is -2.54. The molecule has 1 aliphatic heterocycles. The van der Waals surface area contributed by atoms with Gasteiger partial charge in [-0.15, -0.1) is 0 Å². The molecule has 34 heavy (non-hydrogen) atoms. The summed E-state index contributed by atoms with van der Waals surface area (Å²) in [6.07, 6.45) is 4.43. The highest BCUT2D eigenvalue weighted by Gasteiger charge is 2.24. The van der Waals surface area contributed by atoms with Gasteiger partial charge in [-0.2, -0.15) is 0 Å². The van der Waals surface area contributed by atoms with Crippen LogP contribution in [0.25, 0.3) is 0 Å². The first-order chi connectivity index (χ1) is 16.1. The van der Waals surface area contributed by atoms with E-state index >= 15 is 0 Å². The number of imide groups is 1. The highest BCUT2D eigenvalue weighted by Crippen LogP contribution is 2.07. The molecule has 0 saturated heterocycles. The van der Waals surface area contributed by atoms with E-state index in [0.717, 1.165) is 4.90 Å². The van der Waals surface area contributed by atoms with Crippen LogP contribution in [0.5, 0.6) is 0 Å². The van der Waals surface area contributed by atoms with E-state index in [1.54, 1.807) is 6.92 Å². The van der Waals surface area contributed by atoms with E-state index in [0.29, 0.717) is 32.4 Å². The Kier molecular flexibility index (Phi) is 14.8. The summed E-state index contributed by atoms with van der Waals surface area (Å²) in [5, 5.41) is 10.2.